The zero-order valence-corrected chi connectivity index (χ0v) is 13.3. The molecule has 0 saturated heterocycles. The van der Waals surface area contributed by atoms with E-state index in [1.165, 1.54) is 0 Å². The molecule has 0 radical (unpaired) electrons. The number of halogens is 1. The molecule has 0 aliphatic carbocycles. The monoisotopic (exact) mass is 332 g/mol. The van der Waals surface area contributed by atoms with Gasteiger partial charge >= 0.3 is 0 Å². The molecule has 1 N–H and O–H groups in total. The Bertz CT molecular complexity index is 745. The molecule has 1 aromatic heterocycles. The van der Waals surface area contributed by atoms with E-state index in [1.807, 2.05) is 21.9 Å². The van der Waals surface area contributed by atoms with Crippen LogP contribution in [0.4, 0.5) is 5.69 Å². The molecule has 0 unspecified atom stereocenters. The van der Waals surface area contributed by atoms with Crippen molar-refractivity contribution in [1.29, 1.82) is 0 Å². The summed E-state index contributed by atoms with van der Waals surface area (Å²) in [5, 5.41) is 7.68. The third-order valence-electron chi connectivity index (χ3n) is 4.36. The first-order valence-corrected chi connectivity index (χ1v) is 8.05. The number of carbonyl (C=O) groups is 1. The van der Waals surface area contributed by atoms with E-state index in [4.69, 9.17) is 16.3 Å². The Hall–Kier alpha value is -2.21. The fourth-order valence-electron chi connectivity index (χ4n) is 3.11. The lowest BCUT2D eigenvalue weighted by atomic mass is 10.1. The number of fused-ring (bicyclic) bond motifs is 2. The number of hydrogen-bond acceptors (Lipinski definition) is 4. The smallest absolute Gasteiger partial charge is 0.242 e. The summed E-state index contributed by atoms with van der Waals surface area (Å²) >= 11 is 6.08. The molecule has 4 rings (SSSR count). The number of nitrogens with zero attached hydrogens (tertiary/aromatic N) is 3. The number of aromatic amines is 1. The highest BCUT2D eigenvalue weighted by molar-refractivity contribution is 6.31. The molecular formula is C16H17ClN4O2. The SMILES string of the molecule is O=C(CN1CCOc2ccc(Cl)cc21)N1CCc2[nH]ncc2C1. The zero-order chi connectivity index (χ0) is 15.8. The molecule has 2 aliphatic rings. The predicted octanol–water partition coefficient (Wildman–Crippen LogP) is 1.85. The van der Waals surface area contributed by atoms with Gasteiger partial charge in [-0.3, -0.25) is 9.89 Å². The summed E-state index contributed by atoms with van der Waals surface area (Å²) in [6, 6.07) is 5.51. The molecule has 0 saturated carbocycles. The second kappa shape index (κ2) is 5.77. The fourth-order valence-corrected chi connectivity index (χ4v) is 3.27. The quantitative estimate of drug-likeness (QED) is 0.911. The van der Waals surface area contributed by atoms with Crippen LogP contribution in [0.3, 0.4) is 0 Å². The molecule has 1 amide bonds. The lowest BCUT2D eigenvalue weighted by Crippen LogP contribution is -2.44. The molecule has 0 atom stereocenters. The number of ether oxygens (including phenoxy) is 1. The molecule has 7 heteroatoms. The number of anilines is 1. The molecule has 6 nitrogen and oxygen atoms in total. The average molecular weight is 333 g/mol. The number of nitrogens with one attached hydrogen (secondary N) is 1. The molecule has 23 heavy (non-hydrogen) atoms. The van der Waals surface area contributed by atoms with E-state index < -0.39 is 0 Å². The molecule has 2 aromatic rings. The topological polar surface area (TPSA) is 61.5 Å². The van der Waals surface area contributed by atoms with Crippen molar-refractivity contribution in [2.75, 3.05) is 31.1 Å². The van der Waals surface area contributed by atoms with Crippen LogP contribution >= 0.6 is 11.6 Å². The molecule has 3 heterocycles. The number of hydrogen-bond donors (Lipinski definition) is 1. The summed E-state index contributed by atoms with van der Waals surface area (Å²) < 4.78 is 5.63. The van der Waals surface area contributed by atoms with Crippen LogP contribution in [0, 0.1) is 0 Å². The Kier molecular flexibility index (Phi) is 3.61. The van der Waals surface area contributed by atoms with Crippen LogP contribution in [0.15, 0.2) is 24.4 Å². The van der Waals surface area contributed by atoms with Crippen molar-refractivity contribution in [3.8, 4) is 5.75 Å². The average Bonchev–Trinajstić information content (AvgIpc) is 3.03. The lowest BCUT2D eigenvalue weighted by molar-refractivity contribution is -0.130. The molecule has 0 spiro atoms. The van der Waals surface area contributed by atoms with Gasteiger partial charge in [-0.05, 0) is 18.2 Å². The van der Waals surface area contributed by atoms with Crippen LogP contribution in [-0.4, -0.2) is 47.2 Å². The first kappa shape index (κ1) is 14.4. The predicted molar refractivity (Wildman–Crippen MR) is 86.9 cm³/mol. The van der Waals surface area contributed by atoms with E-state index in [9.17, 15) is 4.79 Å². The standard InChI is InChI=1S/C16H17ClN4O2/c17-12-1-2-15-14(7-12)20(5-6-23-15)10-16(22)21-4-3-13-11(9-21)8-18-19-13/h1-2,7-8H,3-6,9-10H2,(H,18,19). The van der Waals surface area contributed by atoms with E-state index in [2.05, 4.69) is 10.2 Å². The highest BCUT2D eigenvalue weighted by Crippen LogP contribution is 2.34. The van der Waals surface area contributed by atoms with Crippen molar-refractivity contribution in [2.24, 2.45) is 0 Å². The minimum atomic E-state index is 0.115. The number of benzene rings is 1. The minimum Gasteiger partial charge on any atom is -0.490 e. The number of amides is 1. The second-order valence-electron chi connectivity index (χ2n) is 5.82. The second-order valence-corrected chi connectivity index (χ2v) is 6.26. The third-order valence-corrected chi connectivity index (χ3v) is 4.59. The maximum absolute atomic E-state index is 12.7. The van der Waals surface area contributed by atoms with Gasteiger partial charge in [-0.1, -0.05) is 11.6 Å². The van der Waals surface area contributed by atoms with E-state index in [1.54, 1.807) is 12.3 Å². The molecule has 0 bridgehead atoms. The Morgan fingerprint density at radius 2 is 2.30 bits per heavy atom. The van der Waals surface area contributed by atoms with Crippen molar-refractivity contribution < 1.29 is 9.53 Å². The fraction of sp³-hybridized carbons (Fsp3) is 0.375. The zero-order valence-electron chi connectivity index (χ0n) is 12.6. The Morgan fingerprint density at radius 1 is 1.39 bits per heavy atom. The molecule has 2 aliphatic heterocycles. The maximum Gasteiger partial charge on any atom is 0.242 e. The van der Waals surface area contributed by atoms with Gasteiger partial charge in [0.2, 0.25) is 5.91 Å². The van der Waals surface area contributed by atoms with Gasteiger partial charge in [0.05, 0.1) is 25.0 Å². The number of carbonyl (C=O) groups excluding carboxylic acids is 1. The van der Waals surface area contributed by atoms with Gasteiger partial charge in [-0.15, -0.1) is 0 Å². The van der Waals surface area contributed by atoms with Crippen LogP contribution in [0.2, 0.25) is 5.02 Å². The van der Waals surface area contributed by atoms with Crippen molar-refractivity contribution in [2.45, 2.75) is 13.0 Å². The minimum absolute atomic E-state index is 0.115. The van der Waals surface area contributed by atoms with Gasteiger partial charge in [-0.25, -0.2) is 0 Å². The molecular weight excluding hydrogens is 316 g/mol. The van der Waals surface area contributed by atoms with Crippen molar-refractivity contribution in [1.82, 2.24) is 15.1 Å². The summed E-state index contributed by atoms with van der Waals surface area (Å²) in [6.45, 7) is 2.94. The van der Waals surface area contributed by atoms with E-state index in [-0.39, 0.29) is 5.91 Å². The van der Waals surface area contributed by atoms with Gasteiger partial charge in [0, 0.05) is 35.8 Å². The van der Waals surface area contributed by atoms with Gasteiger partial charge in [0.15, 0.2) is 0 Å². The van der Waals surface area contributed by atoms with Gasteiger partial charge < -0.3 is 14.5 Å². The summed E-state index contributed by atoms with van der Waals surface area (Å²) in [4.78, 5) is 16.6. The number of aromatic nitrogens is 2. The van der Waals surface area contributed by atoms with E-state index in [0.717, 1.165) is 35.7 Å². The Labute approximate surface area is 139 Å². The number of rotatable bonds is 2. The summed E-state index contributed by atoms with van der Waals surface area (Å²) in [6.07, 6.45) is 2.63. The van der Waals surface area contributed by atoms with Crippen LogP contribution in [-0.2, 0) is 17.8 Å². The van der Waals surface area contributed by atoms with Gasteiger partial charge in [0.25, 0.3) is 0 Å². The van der Waals surface area contributed by atoms with Crippen LogP contribution < -0.4 is 9.64 Å². The third kappa shape index (κ3) is 2.74. The van der Waals surface area contributed by atoms with E-state index in [0.29, 0.717) is 31.3 Å². The number of H-pyrrole nitrogens is 1. The largest absolute Gasteiger partial charge is 0.490 e. The highest BCUT2D eigenvalue weighted by Gasteiger charge is 2.26. The van der Waals surface area contributed by atoms with Crippen molar-refractivity contribution in [3.63, 3.8) is 0 Å². The summed E-state index contributed by atoms with van der Waals surface area (Å²) in [5.74, 6) is 0.897. The molecule has 1 aromatic carbocycles. The molecule has 120 valence electrons. The van der Waals surface area contributed by atoms with Crippen LogP contribution in [0.5, 0.6) is 5.75 Å². The first-order chi connectivity index (χ1) is 11.2. The summed E-state index contributed by atoms with van der Waals surface area (Å²) in [7, 11) is 0. The lowest BCUT2D eigenvalue weighted by Gasteiger charge is -2.33. The van der Waals surface area contributed by atoms with Crippen molar-refractivity contribution in [3.05, 3.63) is 40.7 Å². The highest BCUT2D eigenvalue weighted by atomic mass is 35.5. The summed E-state index contributed by atoms with van der Waals surface area (Å²) in [5.41, 5.74) is 3.13. The van der Waals surface area contributed by atoms with Crippen LogP contribution in [0.25, 0.3) is 0 Å². The molecule has 0 fully saturated rings. The normalized spacial score (nSPS) is 16.6. The van der Waals surface area contributed by atoms with E-state index >= 15 is 0 Å². The van der Waals surface area contributed by atoms with Crippen LogP contribution in [0.1, 0.15) is 11.3 Å². The Balaban J connectivity index is 1.49. The van der Waals surface area contributed by atoms with Gasteiger partial charge in [-0.2, -0.15) is 5.10 Å². The maximum atomic E-state index is 12.7. The van der Waals surface area contributed by atoms with Crippen molar-refractivity contribution >= 4 is 23.2 Å². The first-order valence-electron chi connectivity index (χ1n) is 7.67. The van der Waals surface area contributed by atoms with Gasteiger partial charge in [0.1, 0.15) is 12.4 Å². The Morgan fingerprint density at radius 3 is 3.22 bits per heavy atom.